The summed E-state index contributed by atoms with van der Waals surface area (Å²) in [7, 11) is 1.63. The van der Waals surface area contributed by atoms with Crippen LogP contribution in [0.5, 0.6) is 5.75 Å². The number of ketones is 1. The molecule has 0 aliphatic rings. The summed E-state index contributed by atoms with van der Waals surface area (Å²) in [6.07, 6.45) is 2.23. The number of methoxy groups -OCH3 is 1. The number of hydrogen-bond acceptors (Lipinski definition) is 3. The molecule has 0 unspecified atom stereocenters. The SMILES string of the molecule is COc1ccc(C(=O)Cc2ccn(C(C)C)n2)cc1C. The quantitative estimate of drug-likeness (QED) is 0.785. The van der Waals surface area contributed by atoms with E-state index in [-0.39, 0.29) is 5.78 Å². The second-order valence-corrected chi connectivity index (χ2v) is 5.17. The van der Waals surface area contributed by atoms with Crippen LogP contribution in [0.1, 0.15) is 41.5 Å². The number of carbonyl (C=O) groups is 1. The lowest BCUT2D eigenvalue weighted by molar-refractivity contribution is 0.0991. The zero-order chi connectivity index (χ0) is 14.7. The van der Waals surface area contributed by atoms with Crippen molar-refractivity contribution in [1.29, 1.82) is 0 Å². The summed E-state index contributed by atoms with van der Waals surface area (Å²) in [6.45, 7) is 6.06. The number of rotatable bonds is 5. The van der Waals surface area contributed by atoms with Crippen molar-refractivity contribution >= 4 is 5.78 Å². The lowest BCUT2D eigenvalue weighted by Gasteiger charge is -2.06. The van der Waals surface area contributed by atoms with Gasteiger partial charge in [0.15, 0.2) is 5.78 Å². The molecule has 20 heavy (non-hydrogen) atoms. The van der Waals surface area contributed by atoms with E-state index in [1.54, 1.807) is 13.2 Å². The van der Waals surface area contributed by atoms with Gasteiger partial charge in [-0.15, -0.1) is 0 Å². The van der Waals surface area contributed by atoms with Gasteiger partial charge in [0.1, 0.15) is 5.75 Å². The predicted molar refractivity (Wildman–Crippen MR) is 78.4 cm³/mol. The fraction of sp³-hybridized carbons (Fsp3) is 0.375. The summed E-state index contributed by atoms with van der Waals surface area (Å²) >= 11 is 0. The number of hydrogen-bond donors (Lipinski definition) is 0. The van der Waals surface area contributed by atoms with Gasteiger partial charge in [-0.25, -0.2) is 0 Å². The van der Waals surface area contributed by atoms with E-state index in [4.69, 9.17) is 4.74 Å². The molecule has 4 nitrogen and oxygen atoms in total. The van der Waals surface area contributed by atoms with Gasteiger partial charge in [-0.05, 0) is 50.6 Å². The van der Waals surface area contributed by atoms with Crippen LogP contribution in [-0.4, -0.2) is 22.7 Å². The molecular formula is C16H20N2O2. The van der Waals surface area contributed by atoms with E-state index >= 15 is 0 Å². The van der Waals surface area contributed by atoms with Gasteiger partial charge in [0, 0.05) is 17.8 Å². The smallest absolute Gasteiger partial charge is 0.168 e. The molecule has 1 aromatic heterocycles. The van der Waals surface area contributed by atoms with Gasteiger partial charge in [-0.2, -0.15) is 5.10 Å². The molecule has 0 atom stereocenters. The van der Waals surface area contributed by atoms with Crippen molar-refractivity contribution in [3.63, 3.8) is 0 Å². The first-order chi connectivity index (χ1) is 9.51. The molecule has 0 aliphatic carbocycles. The summed E-state index contributed by atoms with van der Waals surface area (Å²) in [5.74, 6) is 0.871. The van der Waals surface area contributed by atoms with E-state index in [0.717, 1.165) is 17.0 Å². The highest BCUT2D eigenvalue weighted by atomic mass is 16.5. The highest BCUT2D eigenvalue weighted by Crippen LogP contribution is 2.19. The van der Waals surface area contributed by atoms with Crippen LogP contribution in [0.3, 0.4) is 0 Å². The Balaban J connectivity index is 2.13. The molecule has 0 fully saturated rings. The first kappa shape index (κ1) is 14.3. The molecule has 0 aliphatic heterocycles. The summed E-state index contributed by atoms with van der Waals surface area (Å²) in [5.41, 5.74) is 2.46. The van der Waals surface area contributed by atoms with Crippen molar-refractivity contribution in [3.05, 3.63) is 47.3 Å². The molecule has 0 bridgehead atoms. The van der Waals surface area contributed by atoms with Crippen LogP contribution in [0.4, 0.5) is 0 Å². The highest BCUT2D eigenvalue weighted by Gasteiger charge is 2.11. The van der Waals surface area contributed by atoms with Gasteiger partial charge in [0.2, 0.25) is 0 Å². The van der Waals surface area contributed by atoms with E-state index in [9.17, 15) is 4.79 Å². The topological polar surface area (TPSA) is 44.1 Å². The molecule has 0 saturated carbocycles. The van der Waals surface area contributed by atoms with Crippen molar-refractivity contribution in [1.82, 2.24) is 9.78 Å². The summed E-state index contributed by atoms with van der Waals surface area (Å²) in [5, 5.41) is 4.40. The zero-order valence-corrected chi connectivity index (χ0v) is 12.4. The van der Waals surface area contributed by atoms with Gasteiger partial charge in [0.25, 0.3) is 0 Å². The first-order valence-corrected chi connectivity index (χ1v) is 6.73. The van der Waals surface area contributed by atoms with E-state index in [0.29, 0.717) is 18.0 Å². The van der Waals surface area contributed by atoms with Crippen molar-refractivity contribution < 1.29 is 9.53 Å². The minimum absolute atomic E-state index is 0.0739. The summed E-state index contributed by atoms with van der Waals surface area (Å²) in [6, 6.07) is 7.69. The van der Waals surface area contributed by atoms with E-state index < -0.39 is 0 Å². The fourth-order valence-electron chi connectivity index (χ4n) is 2.08. The number of nitrogens with zero attached hydrogens (tertiary/aromatic N) is 2. The summed E-state index contributed by atoms with van der Waals surface area (Å²) in [4.78, 5) is 12.3. The number of Topliss-reactive ketones (excluding diaryl/α,β-unsaturated/α-hetero) is 1. The molecule has 106 valence electrons. The largest absolute Gasteiger partial charge is 0.496 e. The Morgan fingerprint density at radius 2 is 2.10 bits per heavy atom. The highest BCUT2D eigenvalue weighted by molar-refractivity contribution is 5.97. The third-order valence-corrected chi connectivity index (χ3v) is 3.25. The van der Waals surface area contributed by atoms with Crippen molar-refractivity contribution in [3.8, 4) is 5.75 Å². The Bertz CT molecular complexity index is 615. The van der Waals surface area contributed by atoms with Gasteiger partial charge in [-0.1, -0.05) is 0 Å². The molecule has 1 heterocycles. The molecule has 0 saturated heterocycles. The Labute approximate surface area is 119 Å². The first-order valence-electron chi connectivity index (χ1n) is 6.73. The van der Waals surface area contributed by atoms with Crippen molar-refractivity contribution in [2.45, 2.75) is 33.2 Å². The number of aryl methyl sites for hydroxylation is 1. The fourth-order valence-corrected chi connectivity index (χ4v) is 2.08. The average Bonchev–Trinajstić information content (AvgIpc) is 2.87. The van der Waals surface area contributed by atoms with Crippen molar-refractivity contribution in [2.24, 2.45) is 0 Å². The molecule has 2 rings (SSSR count). The number of ether oxygens (including phenoxy) is 1. The lowest BCUT2D eigenvalue weighted by Crippen LogP contribution is -2.07. The molecule has 2 aromatic rings. The standard InChI is InChI=1S/C16H20N2O2/c1-11(2)18-8-7-14(17-18)10-15(19)13-5-6-16(20-4)12(3)9-13/h5-9,11H,10H2,1-4H3. The Hall–Kier alpha value is -2.10. The number of aromatic nitrogens is 2. The van der Waals surface area contributed by atoms with Crippen LogP contribution in [0.25, 0.3) is 0 Å². The maximum Gasteiger partial charge on any atom is 0.168 e. The van der Waals surface area contributed by atoms with Crippen LogP contribution < -0.4 is 4.74 Å². The van der Waals surface area contributed by atoms with Crippen LogP contribution in [0, 0.1) is 6.92 Å². The van der Waals surface area contributed by atoms with Gasteiger partial charge < -0.3 is 4.74 Å². The van der Waals surface area contributed by atoms with Crippen LogP contribution in [0.15, 0.2) is 30.5 Å². The van der Waals surface area contributed by atoms with Gasteiger partial charge in [0.05, 0.1) is 19.2 Å². The Morgan fingerprint density at radius 1 is 1.35 bits per heavy atom. The van der Waals surface area contributed by atoms with E-state index in [2.05, 4.69) is 18.9 Å². The minimum Gasteiger partial charge on any atom is -0.496 e. The van der Waals surface area contributed by atoms with Crippen LogP contribution in [0.2, 0.25) is 0 Å². The van der Waals surface area contributed by atoms with Gasteiger partial charge >= 0.3 is 0 Å². The second kappa shape index (κ2) is 5.90. The maximum absolute atomic E-state index is 12.3. The maximum atomic E-state index is 12.3. The molecule has 4 heteroatoms. The van der Waals surface area contributed by atoms with Crippen LogP contribution >= 0.6 is 0 Å². The van der Waals surface area contributed by atoms with E-state index in [1.807, 2.05) is 36.0 Å². The number of carbonyl (C=O) groups excluding carboxylic acids is 1. The Kier molecular flexibility index (Phi) is 4.23. The van der Waals surface area contributed by atoms with E-state index in [1.165, 1.54) is 0 Å². The Morgan fingerprint density at radius 3 is 2.65 bits per heavy atom. The average molecular weight is 272 g/mol. The third kappa shape index (κ3) is 3.07. The molecule has 0 radical (unpaired) electrons. The van der Waals surface area contributed by atoms with Crippen LogP contribution in [-0.2, 0) is 6.42 Å². The molecule has 0 amide bonds. The monoisotopic (exact) mass is 272 g/mol. The molecule has 1 aromatic carbocycles. The predicted octanol–water partition coefficient (Wildman–Crippen LogP) is 3.21. The second-order valence-electron chi connectivity index (χ2n) is 5.17. The van der Waals surface area contributed by atoms with Crippen molar-refractivity contribution in [2.75, 3.05) is 7.11 Å². The number of benzene rings is 1. The third-order valence-electron chi connectivity index (χ3n) is 3.25. The zero-order valence-electron chi connectivity index (χ0n) is 12.4. The van der Waals surface area contributed by atoms with Gasteiger partial charge in [-0.3, -0.25) is 9.48 Å². The summed E-state index contributed by atoms with van der Waals surface area (Å²) < 4.78 is 7.06. The molecular weight excluding hydrogens is 252 g/mol. The molecule has 0 N–H and O–H groups in total. The minimum atomic E-state index is 0.0739. The normalized spacial score (nSPS) is 10.8. The lowest BCUT2D eigenvalue weighted by atomic mass is 10.0. The molecule has 0 spiro atoms.